The molecule has 0 aliphatic rings. The van der Waals surface area contributed by atoms with Gasteiger partial charge in [-0.05, 0) is 25.6 Å². The lowest BCUT2D eigenvalue weighted by atomic mass is 10.2. The summed E-state index contributed by atoms with van der Waals surface area (Å²) in [6, 6.07) is 7.93. The zero-order chi connectivity index (χ0) is 14.5. The molecule has 0 saturated heterocycles. The number of nitrogens with one attached hydrogen (secondary N) is 1. The summed E-state index contributed by atoms with van der Waals surface area (Å²) >= 11 is 0. The predicted octanol–water partition coefficient (Wildman–Crippen LogP) is 3.42. The molecule has 20 heavy (non-hydrogen) atoms. The fraction of sp³-hybridized carbons (Fsp3) is 0.375. The maximum atomic E-state index is 5.96. The van der Waals surface area contributed by atoms with E-state index in [4.69, 9.17) is 4.74 Å². The van der Waals surface area contributed by atoms with E-state index in [-0.39, 0.29) is 0 Å². The van der Waals surface area contributed by atoms with E-state index in [9.17, 15) is 0 Å². The van der Waals surface area contributed by atoms with Crippen LogP contribution in [0, 0.1) is 6.92 Å². The molecule has 1 aromatic heterocycles. The fourth-order valence-corrected chi connectivity index (χ4v) is 1.87. The average molecular weight is 271 g/mol. The Morgan fingerprint density at radius 1 is 1.20 bits per heavy atom. The van der Waals surface area contributed by atoms with E-state index in [0.29, 0.717) is 18.2 Å². The van der Waals surface area contributed by atoms with Crippen LogP contribution in [0.5, 0.6) is 11.5 Å². The van der Waals surface area contributed by atoms with E-state index < -0.39 is 0 Å². The van der Waals surface area contributed by atoms with Gasteiger partial charge in [-0.2, -0.15) is 0 Å². The summed E-state index contributed by atoms with van der Waals surface area (Å²) in [5.41, 5.74) is 1.98. The number of aromatic nitrogens is 2. The van der Waals surface area contributed by atoms with Crippen molar-refractivity contribution in [1.82, 2.24) is 15.3 Å². The topological polar surface area (TPSA) is 47.0 Å². The lowest BCUT2D eigenvalue weighted by Crippen LogP contribution is -2.11. The van der Waals surface area contributed by atoms with Crippen molar-refractivity contribution >= 4 is 0 Å². The Kier molecular flexibility index (Phi) is 4.69. The van der Waals surface area contributed by atoms with Crippen LogP contribution in [0.2, 0.25) is 0 Å². The van der Waals surface area contributed by atoms with Gasteiger partial charge in [0.25, 0.3) is 0 Å². The molecule has 0 aliphatic heterocycles. The summed E-state index contributed by atoms with van der Waals surface area (Å²) in [7, 11) is 1.90. The van der Waals surface area contributed by atoms with Crippen molar-refractivity contribution in [2.75, 3.05) is 7.05 Å². The van der Waals surface area contributed by atoms with Crippen LogP contribution in [-0.4, -0.2) is 17.0 Å². The molecule has 0 amide bonds. The summed E-state index contributed by atoms with van der Waals surface area (Å²) in [6.07, 6.45) is 1.77. The van der Waals surface area contributed by atoms with E-state index in [2.05, 4.69) is 29.1 Å². The molecule has 0 spiro atoms. The Morgan fingerprint density at radius 3 is 2.60 bits per heavy atom. The van der Waals surface area contributed by atoms with Crippen LogP contribution < -0.4 is 10.1 Å². The molecule has 1 heterocycles. The summed E-state index contributed by atoms with van der Waals surface area (Å²) in [5.74, 6) is 2.69. The van der Waals surface area contributed by atoms with Gasteiger partial charge < -0.3 is 10.1 Å². The van der Waals surface area contributed by atoms with Gasteiger partial charge in [-0.25, -0.2) is 9.97 Å². The van der Waals surface area contributed by atoms with Crippen molar-refractivity contribution in [3.8, 4) is 11.5 Å². The molecule has 0 bridgehead atoms. The van der Waals surface area contributed by atoms with E-state index >= 15 is 0 Å². The quantitative estimate of drug-likeness (QED) is 0.905. The summed E-state index contributed by atoms with van der Waals surface area (Å²) in [4.78, 5) is 8.97. The second kappa shape index (κ2) is 6.48. The van der Waals surface area contributed by atoms with Crippen molar-refractivity contribution < 1.29 is 4.74 Å². The Labute approximate surface area is 120 Å². The number of para-hydroxylation sites is 1. The number of aryl methyl sites for hydroxylation is 1. The number of benzene rings is 1. The molecule has 1 N–H and O–H groups in total. The van der Waals surface area contributed by atoms with Gasteiger partial charge >= 0.3 is 0 Å². The SMILES string of the molecule is CNCc1nc(C(C)C)ncc1Oc1ccccc1C. The van der Waals surface area contributed by atoms with Crippen LogP contribution in [-0.2, 0) is 6.54 Å². The third kappa shape index (κ3) is 3.33. The second-order valence-corrected chi connectivity index (χ2v) is 5.09. The predicted molar refractivity (Wildman–Crippen MR) is 80.1 cm³/mol. The first kappa shape index (κ1) is 14.5. The monoisotopic (exact) mass is 271 g/mol. The van der Waals surface area contributed by atoms with Crippen LogP contribution in [0.1, 0.15) is 36.8 Å². The summed E-state index contributed by atoms with van der Waals surface area (Å²) in [6.45, 7) is 6.85. The van der Waals surface area contributed by atoms with Crippen LogP contribution >= 0.6 is 0 Å². The zero-order valence-electron chi connectivity index (χ0n) is 12.5. The Balaban J connectivity index is 2.33. The minimum absolute atomic E-state index is 0.304. The molecule has 4 heteroatoms. The minimum atomic E-state index is 0.304. The van der Waals surface area contributed by atoms with Gasteiger partial charge in [0, 0.05) is 12.5 Å². The number of hydrogen-bond acceptors (Lipinski definition) is 4. The van der Waals surface area contributed by atoms with Gasteiger partial charge in [0.15, 0.2) is 5.75 Å². The molecule has 0 fully saturated rings. The van der Waals surface area contributed by atoms with Gasteiger partial charge in [0.1, 0.15) is 17.3 Å². The smallest absolute Gasteiger partial charge is 0.168 e. The van der Waals surface area contributed by atoms with Crippen LogP contribution in [0.15, 0.2) is 30.5 Å². The van der Waals surface area contributed by atoms with E-state index in [1.807, 2.05) is 38.2 Å². The molecular weight excluding hydrogens is 250 g/mol. The maximum absolute atomic E-state index is 5.96. The van der Waals surface area contributed by atoms with Gasteiger partial charge in [-0.1, -0.05) is 32.0 Å². The molecule has 0 saturated carbocycles. The van der Waals surface area contributed by atoms with Crippen LogP contribution in [0.25, 0.3) is 0 Å². The third-order valence-electron chi connectivity index (χ3n) is 3.02. The molecule has 2 rings (SSSR count). The Morgan fingerprint density at radius 2 is 1.95 bits per heavy atom. The number of hydrogen-bond donors (Lipinski definition) is 1. The van der Waals surface area contributed by atoms with E-state index in [0.717, 1.165) is 22.8 Å². The molecule has 4 nitrogen and oxygen atoms in total. The van der Waals surface area contributed by atoms with Gasteiger partial charge in [0.2, 0.25) is 0 Å². The highest BCUT2D eigenvalue weighted by Gasteiger charge is 2.11. The molecule has 0 atom stereocenters. The molecule has 106 valence electrons. The first-order valence-electron chi connectivity index (χ1n) is 6.85. The fourth-order valence-electron chi connectivity index (χ4n) is 1.87. The van der Waals surface area contributed by atoms with E-state index in [1.165, 1.54) is 0 Å². The lowest BCUT2D eigenvalue weighted by molar-refractivity contribution is 0.461. The van der Waals surface area contributed by atoms with Crippen molar-refractivity contribution in [3.05, 3.63) is 47.5 Å². The molecule has 1 aromatic carbocycles. The highest BCUT2D eigenvalue weighted by molar-refractivity contribution is 5.37. The highest BCUT2D eigenvalue weighted by Crippen LogP contribution is 2.27. The van der Waals surface area contributed by atoms with Crippen molar-refractivity contribution in [2.45, 2.75) is 33.2 Å². The molecule has 0 aliphatic carbocycles. The van der Waals surface area contributed by atoms with Crippen LogP contribution in [0.4, 0.5) is 0 Å². The Bertz CT molecular complexity index is 582. The standard InChI is InChI=1S/C16H21N3O/c1-11(2)16-18-10-15(13(19-16)9-17-4)20-14-8-6-5-7-12(14)3/h5-8,10-11,17H,9H2,1-4H3. The van der Waals surface area contributed by atoms with Crippen molar-refractivity contribution in [2.24, 2.45) is 0 Å². The molecule has 0 unspecified atom stereocenters. The van der Waals surface area contributed by atoms with Gasteiger partial charge in [-0.3, -0.25) is 0 Å². The van der Waals surface area contributed by atoms with Crippen LogP contribution in [0.3, 0.4) is 0 Å². The largest absolute Gasteiger partial charge is 0.453 e. The summed E-state index contributed by atoms with van der Waals surface area (Å²) in [5, 5.41) is 3.12. The normalized spacial score (nSPS) is 10.8. The average Bonchev–Trinajstić information content (AvgIpc) is 2.43. The first-order chi connectivity index (χ1) is 9.61. The molecule has 2 aromatic rings. The molecular formula is C16H21N3O. The molecule has 0 radical (unpaired) electrons. The maximum Gasteiger partial charge on any atom is 0.168 e. The van der Waals surface area contributed by atoms with Gasteiger partial charge in [0.05, 0.1) is 6.20 Å². The Hall–Kier alpha value is -1.94. The first-order valence-corrected chi connectivity index (χ1v) is 6.85. The zero-order valence-corrected chi connectivity index (χ0v) is 12.5. The second-order valence-electron chi connectivity index (χ2n) is 5.09. The van der Waals surface area contributed by atoms with E-state index in [1.54, 1.807) is 6.20 Å². The minimum Gasteiger partial charge on any atom is -0.453 e. The highest BCUT2D eigenvalue weighted by atomic mass is 16.5. The summed E-state index contributed by atoms with van der Waals surface area (Å²) < 4.78 is 5.96. The van der Waals surface area contributed by atoms with Gasteiger partial charge in [-0.15, -0.1) is 0 Å². The number of rotatable bonds is 5. The van der Waals surface area contributed by atoms with Crippen molar-refractivity contribution in [3.63, 3.8) is 0 Å². The third-order valence-corrected chi connectivity index (χ3v) is 3.02. The van der Waals surface area contributed by atoms with Crippen molar-refractivity contribution in [1.29, 1.82) is 0 Å². The number of ether oxygens (including phenoxy) is 1. The number of nitrogens with zero attached hydrogens (tertiary/aromatic N) is 2. The lowest BCUT2D eigenvalue weighted by Gasteiger charge is -2.13.